The topological polar surface area (TPSA) is 79.8 Å². The molecule has 0 unspecified atom stereocenters. The van der Waals surface area contributed by atoms with Gasteiger partial charge in [-0.2, -0.15) is 0 Å². The molecule has 0 atom stereocenters. The maximum absolute atomic E-state index is 11.7. The molecule has 0 saturated heterocycles. The number of guanidine groups is 1. The lowest BCUT2D eigenvalue weighted by molar-refractivity contribution is 0.129. The summed E-state index contributed by atoms with van der Waals surface area (Å²) in [5, 5.41) is 6.32. The van der Waals surface area contributed by atoms with Crippen molar-refractivity contribution in [3.63, 3.8) is 0 Å². The number of hydrogen-bond acceptors (Lipinski definition) is 4. The van der Waals surface area contributed by atoms with Crippen LogP contribution in [0.25, 0.3) is 0 Å². The Morgan fingerprint density at radius 2 is 1.77 bits per heavy atom. The number of unbranched alkanes of at least 4 members (excludes halogenated alkanes) is 1. The molecule has 2 N–H and O–H groups in total. The van der Waals surface area contributed by atoms with E-state index in [-0.39, 0.29) is 6.54 Å². The molecule has 7 heteroatoms. The minimum absolute atomic E-state index is 0.230. The van der Waals surface area contributed by atoms with Gasteiger partial charge in [-0.25, -0.2) is 8.42 Å². The Morgan fingerprint density at radius 1 is 1.14 bits per heavy atom. The van der Waals surface area contributed by atoms with Crippen LogP contribution in [-0.4, -0.2) is 58.2 Å². The third-order valence-corrected chi connectivity index (χ3v) is 5.50. The Hall–Kier alpha value is -0.820. The predicted octanol–water partition coefficient (Wildman–Crippen LogP) is 1.57. The molecule has 0 saturated carbocycles. The second-order valence-corrected chi connectivity index (χ2v) is 8.62. The molecule has 22 heavy (non-hydrogen) atoms. The molecule has 0 aromatic rings. The maximum atomic E-state index is 11.7. The zero-order valence-corrected chi connectivity index (χ0v) is 15.6. The van der Waals surface area contributed by atoms with Gasteiger partial charge >= 0.3 is 0 Å². The fraction of sp³-hybridized carbons (Fsp3) is 0.933. The molecule has 0 radical (unpaired) electrons. The van der Waals surface area contributed by atoms with Crippen molar-refractivity contribution in [3.8, 4) is 0 Å². The first-order valence-corrected chi connectivity index (χ1v) is 9.93. The SMILES string of the molecule is CCCCOCCCNC(=NCC(C)(C)S(C)(=O)=O)NCC. The van der Waals surface area contributed by atoms with E-state index in [2.05, 4.69) is 22.5 Å². The molecule has 0 aliphatic heterocycles. The molecule has 0 amide bonds. The molecule has 0 aliphatic carbocycles. The van der Waals surface area contributed by atoms with Gasteiger partial charge in [0.1, 0.15) is 0 Å². The number of nitrogens with one attached hydrogen (secondary N) is 2. The maximum Gasteiger partial charge on any atom is 0.191 e. The molecule has 0 aromatic heterocycles. The van der Waals surface area contributed by atoms with E-state index in [0.29, 0.717) is 5.96 Å². The van der Waals surface area contributed by atoms with Crippen molar-refractivity contribution >= 4 is 15.8 Å². The summed E-state index contributed by atoms with van der Waals surface area (Å²) >= 11 is 0. The summed E-state index contributed by atoms with van der Waals surface area (Å²) in [6.07, 6.45) is 4.38. The van der Waals surface area contributed by atoms with Crippen molar-refractivity contribution in [2.45, 2.75) is 51.7 Å². The van der Waals surface area contributed by atoms with E-state index in [1.165, 1.54) is 6.26 Å². The minimum Gasteiger partial charge on any atom is -0.381 e. The summed E-state index contributed by atoms with van der Waals surface area (Å²) in [5.74, 6) is 0.646. The Balaban J connectivity index is 4.23. The number of hydrogen-bond donors (Lipinski definition) is 2. The molecule has 0 heterocycles. The second-order valence-electron chi connectivity index (χ2n) is 5.97. The fourth-order valence-corrected chi connectivity index (χ4v) is 1.76. The van der Waals surface area contributed by atoms with Crippen LogP contribution in [0, 0.1) is 0 Å². The summed E-state index contributed by atoms with van der Waals surface area (Å²) in [6, 6.07) is 0. The van der Waals surface area contributed by atoms with Crippen molar-refractivity contribution in [1.82, 2.24) is 10.6 Å². The molecular weight excluding hydrogens is 302 g/mol. The van der Waals surface area contributed by atoms with Crippen LogP contribution in [0.4, 0.5) is 0 Å². The van der Waals surface area contributed by atoms with E-state index >= 15 is 0 Å². The lowest BCUT2D eigenvalue weighted by Gasteiger charge is -2.21. The smallest absolute Gasteiger partial charge is 0.191 e. The number of sulfone groups is 1. The first-order valence-electron chi connectivity index (χ1n) is 8.04. The van der Waals surface area contributed by atoms with Gasteiger partial charge in [0.25, 0.3) is 0 Å². The Kier molecular flexibility index (Phi) is 10.4. The van der Waals surface area contributed by atoms with Crippen LogP contribution in [0.3, 0.4) is 0 Å². The van der Waals surface area contributed by atoms with Crippen LogP contribution >= 0.6 is 0 Å². The lowest BCUT2D eigenvalue weighted by atomic mass is 10.2. The van der Waals surface area contributed by atoms with Gasteiger partial charge in [-0.1, -0.05) is 13.3 Å². The summed E-state index contributed by atoms with van der Waals surface area (Å²) in [5.41, 5.74) is 0. The highest BCUT2D eigenvalue weighted by Crippen LogP contribution is 2.14. The Morgan fingerprint density at radius 3 is 2.32 bits per heavy atom. The molecule has 0 aromatic carbocycles. The highest BCUT2D eigenvalue weighted by molar-refractivity contribution is 7.92. The summed E-state index contributed by atoms with van der Waals surface area (Å²) < 4.78 is 28.0. The van der Waals surface area contributed by atoms with Gasteiger partial charge in [0.15, 0.2) is 15.8 Å². The lowest BCUT2D eigenvalue weighted by Crippen LogP contribution is -2.41. The van der Waals surface area contributed by atoms with E-state index < -0.39 is 14.6 Å². The molecule has 0 aliphatic rings. The second kappa shape index (κ2) is 10.8. The van der Waals surface area contributed by atoms with Gasteiger partial charge in [-0.3, -0.25) is 4.99 Å². The summed E-state index contributed by atoms with van der Waals surface area (Å²) in [6.45, 7) is 10.8. The van der Waals surface area contributed by atoms with E-state index in [0.717, 1.165) is 45.6 Å². The van der Waals surface area contributed by atoms with Crippen molar-refractivity contribution in [3.05, 3.63) is 0 Å². The molecule has 6 nitrogen and oxygen atoms in total. The number of rotatable bonds is 11. The molecular formula is C15H33N3O3S. The summed E-state index contributed by atoms with van der Waals surface area (Å²) in [4.78, 5) is 4.37. The van der Waals surface area contributed by atoms with E-state index in [1.807, 2.05) is 6.92 Å². The van der Waals surface area contributed by atoms with Gasteiger partial charge in [0.2, 0.25) is 0 Å². The Labute approximate surface area is 136 Å². The normalized spacial score (nSPS) is 13.2. The highest BCUT2D eigenvalue weighted by Gasteiger charge is 2.29. The number of aliphatic imine (C=N–C) groups is 1. The van der Waals surface area contributed by atoms with Crippen LogP contribution in [0.5, 0.6) is 0 Å². The first-order chi connectivity index (χ1) is 10.2. The largest absolute Gasteiger partial charge is 0.381 e. The number of ether oxygens (including phenoxy) is 1. The van der Waals surface area contributed by atoms with Crippen molar-refractivity contribution in [1.29, 1.82) is 0 Å². The first kappa shape index (κ1) is 21.2. The average molecular weight is 336 g/mol. The third-order valence-electron chi connectivity index (χ3n) is 3.37. The van der Waals surface area contributed by atoms with E-state index in [9.17, 15) is 8.42 Å². The predicted molar refractivity (Wildman–Crippen MR) is 93.2 cm³/mol. The molecule has 132 valence electrons. The standard InChI is InChI=1S/C15H33N3O3S/c1-6-8-11-21-12-9-10-17-14(16-7-2)18-13-15(3,4)22(5,19)20/h6-13H2,1-5H3,(H2,16,17,18). The van der Waals surface area contributed by atoms with Crippen LogP contribution in [-0.2, 0) is 14.6 Å². The van der Waals surface area contributed by atoms with Gasteiger partial charge in [-0.05, 0) is 33.6 Å². The average Bonchev–Trinajstić information content (AvgIpc) is 2.42. The van der Waals surface area contributed by atoms with Crippen LogP contribution < -0.4 is 10.6 Å². The molecule has 0 rings (SSSR count). The van der Waals surface area contributed by atoms with Crippen LogP contribution in [0.15, 0.2) is 4.99 Å². The molecule has 0 spiro atoms. The van der Waals surface area contributed by atoms with Gasteiger partial charge < -0.3 is 15.4 Å². The van der Waals surface area contributed by atoms with Crippen molar-refractivity contribution < 1.29 is 13.2 Å². The number of nitrogens with zero attached hydrogens (tertiary/aromatic N) is 1. The van der Waals surface area contributed by atoms with Crippen LogP contribution in [0.2, 0.25) is 0 Å². The van der Waals surface area contributed by atoms with Crippen molar-refractivity contribution in [2.24, 2.45) is 4.99 Å². The van der Waals surface area contributed by atoms with E-state index in [1.54, 1.807) is 13.8 Å². The van der Waals surface area contributed by atoms with Gasteiger partial charge in [-0.15, -0.1) is 0 Å². The van der Waals surface area contributed by atoms with Crippen molar-refractivity contribution in [2.75, 3.05) is 39.1 Å². The van der Waals surface area contributed by atoms with E-state index in [4.69, 9.17) is 4.74 Å². The van der Waals surface area contributed by atoms with Gasteiger partial charge in [0.05, 0.1) is 11.3 Å². The highest BCUT2D eigenvalue weighted by atomic mass is 32.2. The zero-order valence-electron chi connectivity index (χ0n) is 14.7. The Bertz CT molecular complexity index is 420. The fourth-order valence-electron chi connectivity index (χ4n) is 1.46. The minimum atomic E-state index is -3.13. The zero-order chi connectivity index (χ0) is 17.1. The quantitative estimate of drug-likeness (QED) is 0.340. The van der Waals surface area contributed by atoms with Gasteiger partial charge in [0, 0.05) is 32.6 Å². The third kappa shape index (κ3) is 9.25. The monoisotopic (exact) mass is 335 g/mol. The van der Waals surface area contributed by atoms with Crippen LogP contribution in [0.1, 0.15) is 47.0 Å². The summed E-state index contributed by atoms with van der Waals surface area (Å²) in [7, 11) is -3.13. The molecule has 0 bridgehead atoms. The molecule has 0 fully saturated rings.